The Labute approximate surface area is 153 Å². The predicted molar refractivity (Wildman–Crippen MR) is 96.3 cm³/mol. The topological polar surface area (TPSA) is 236 Å². The summed E-state index contributed by atoms with van der Waals surface area (Å²) >= 11 is 0. The normalized spacial score (nSPS) is 14.7. The van der Waals surface area contributed by atoms with Crippen LogP contribution in [0.5, 0.6) is 0 Å². The molecule has 26 heavy (non-hydrogen) atoms. The first-order valence-corrected chi connectivity index (χ1v) is 8.12. The minimum Gasteiger partial charge on any atom is -0.480 e. The van der Waals surface area contributed by atoms with Crippen molar-refractivity contribution >= 4 is 17.9 Å². The molecule has 0 aliphatic carbocycles. The summed E-state index contributed by atoms with van der Waals surface area (Å²) in [6.07, 6.45) is 1.18. The van der Waals surface area contributed by atoms with E-state index in [1.165, 1.54) is 6.92 Å². The van der Waals surface area contributed by atoms with Crippen molar-refractivity contribution < 1.29 is 34.8 Å². The molecular weight excluding hydrogens is 348 g/mol. The first kappa shape index (κ1) is 29.0. The lowest BCUT2D eigenvalue weighted by atomic mass is 10.1. The van der Waals surface area contributed by atoms with Crippen molar-refractivity contribution in [2.45, 2.75) is 64.3 Å². The standard InChI is InChI=1S/C6H14N2O2.C5H11NO2.C4H9NO3/c7-4-2-1-3-5(8)6(9)10;1-3(2)4(6)5(7)8;1-2(6)3(5)4(7)8/h5H,1-4,7-8H2,(H,9,10);3-4H,6H2,1-2H3,(H,7,8);2-3,6H,5H2,1H3,(H,7,8)/t5-;4-;2-,3+/m001/s1. The fourth-order valence-corrected chi connectivity index (χ4v) is 1.12. The molecular formula is C15H34N4O7. The molecule has 0 heterocycles. The highest BCUT2D eigenvalue weighted by Gasteiger charge is 2.16. The number of aliphatic hydroxyl groups excluding tert-OH is 1. The lowest BCUT2D eigenvalue weighted by Crippen LogP contribution is -2.39. The fourth-order valence-electron chi connectivity index (χ4n) is 1.12. The Hall–Kier alpha value is -1.79. The number of rotatable bonds is 9. The molecule has 0 aromatic carbocycles. The number of nitrogens with two attached hydrogens (primary N) is 4. The average molecular weight is 382 g/mol. The molecule has 0 spiro atoms. The van der Waals surface area contributed by atoms with E-state index in [1.807, 2.05) is 0 Å². The van der Waals surface area contributed by atoms with E-state index in [0.29, 0.717) is 13.0 Å². The van der Waals surface area contributed by atoms with E-state index < -0.39 is 42.1 Å². The van der Waals surface area contributed by atoms with Crippen molar-refractivity contribution in [2.75, 3.05) is 6.54 Å². The van der Waals surface area contributed by atoms with Crippen LogP contribution < -0.4 is 22.9 Å². The van der Waals surface area contributed by atoms with Gasteiger partial charge in [-0.25, -0.2) is 0 Å². The quantitative estimate of drug-likeness (QED) is 0.210. The Bertz CT molecular complexity index is 381. The highest BCUT2D eigenvalue weighted by molar-refractivity contribution is 5.74. The lowest BCUT2D eigenvalue weighted by molar-refractivity contribution is -0.141. The Kier molecular flexibility index (Phi) is 18.6. The summed E-state index contributed by atoms with van der Waals surface area (Å²) in [5, 5.41) is 33.1. The van der Waals surface area contributed by atoms with Gasteiger partial charge < -0.3 is 43.4 Å². The van der Waals surface area contributed by atoms with E-state index in [0.717, 1.165) is 12.8 Å². The van der Waals surface area contributed by atoms with Crippen molar-refractivity contribution in [3.63, 3.8) is 0 Å². The molecule has 11 heteroatoms. The Morgan fingerprint density at radius 1 is 0.808 bits per heavy atom. The van der Waals surface area contributed by atoms with Crippen LogP contribution in [0.15, 0.2) is 0 Å². The summed E-state index contributed by atoms with van der Waals surface area (Å²) < 4.78 is 0. The molecule has 0 unspecified atom stereocenters. The Balaban J connectivity index is -0.000000308. The van der Waals surface area contributed by atoms with Crippen LogP contribution in [0.25, 0.3) is 0 Å². The van der Waals surface area contributed by atoms with Gasteiger partial charge in [-0.05, 0) is 32.2 Å². The molecule has 12 N–H and O–H groups in total. The maximum Gasteiger partial charge on any atom is 0.323 e. The van der Waals surface area contributed by atoms with Gasteiger partial charge in [-0.1, -0.05) is 20.3 Å². The van der Waals surface area contributed by atoms with Crippen molar-refractivity contribution in [1.29, 1.82) is 0 Å². The zero-order chi connectivity index (χ0) is 21.4. The zero-order valence-electron chi connectivity index (χ0n) is 15.5. The second-order valence-corrected chi connectivity index (χ2v) is 5.94. The van der Waals surface area contributed by atoms with Crippen LogP contribution in [0, 0.1) is 5.92 Å². The van der Waals surface area contributed by atoms with Gasteiger partial charge >= 0.3 is 17.9 Å². The smallest absolute Gasteiger partial charge is 0.323 e. The third kappa shape index (κ3) is 18.5. The summed E-state index contributed by atoms with van der Waals surface area (Å²) in [7, 11) is 0. The van der Waals surface area contributed by atoms with Crippen LogP contribution >= 0.6 is 0 Å². The number of hydrogen-bond acceptors (Lipinski definition) is 8. The van der Waals surface area contributed by atoms with Crippen molar-refractivity contribution in [3.8, 4) is 0 Å². The first-order chi connectivity index (χ1) is 11.8. The molecule has 4 atom stereocenters. The SMILES string of the molecule is CC(C)[C@H](N)C(=O)O.C[C@@H](O)[C@H](N)C(=O)O.NCCCC[C@H](N)C(=O)O. The van der Waals surface area contributed by atoms with Crippen LogP contribution in [0.2, 0.25) is 0 Å². The molecule has 0 saturated carbocycles. The molecule has 0 amide bonds. The summed E-state index contributed by atoms with van der Waals surface area (Å²) in [6, 6.07) is -2.59. The van der Waals surface area contributed by atoms with Gasteiger partial charge in [0.15, 0.2) is 0 Å². The van der Waals surface area contributed by atoms with E-state index >= 15 is 0 Å². The molecule has 0 aliphatic heterocycles. The Morgan fingerprint density at radius 3 is 1.38 bits per heavy atom. The van der Waals surface area contributed by atoms with Crippen molar-refractivity contribution in [2.24, 2.45) is 28.9 Å². The van der Waals surface area contributed by atoms with Crippen LogP contribution in [0.1, 0.15) is 40.0 Å². The third-order valence-corrected chi connectivity index (χ3v) is 3.09. The lowest BCUT2D eigenvalue weighted by Gasteiger charge is -2.07. The average Bonchev–Trinajstić information content (AvgIpc) is 2.54. The highest BCUT2D eigenvalue weighted by Crippen LogP contribution is 1.97. The van der Waals surface area contributed by atoms with Crippen LogP contribution in [-0.4, -0.2) is 69.1 Å². The van der Waals surface area contributed by atoms with E-state index in [1.54, 1.807) is 13.8 Å². The summed E-state index contributed by atoms with van der Waals surface area (Å²) in [5.74, 6) is -3.02. The van der Waals surface area contributed by atoms with Gasteiger partial charge in [0.1, 0.15) is 18.1 Å². The largest absolute Gasteiger partial charge is 0.480 e. The Morgan fingerprint density at radius 2 is 1.23 bits per heavy atom. The maximum absolute atomic E-state index is 10.1. The van der Waals surface area contributed by atoms with E-state index in [2.05, 4.69) is 0 Å². The number of hydrogen-bond donors (Lipinski definition) is 8. The molecule has 0 aromatic rings. The van der Waals surface area contributed by atoms with E-state index in [4.69, 9.17) is 43.4 Å². The van der Waals surface area contributed by atoms with Crippen molar-refractivity contribution in [1.82, 2.24) is 0 Å². The predicted octanol–water partition coefficient (Wildman–Crippen LogP) is -1.64. The molecule has 11 nitrogen and oxygen atoms in total. The van der Waals surface area contributed by atoms with Gasteiger partial charge in [0.05, 0.1) is 6.10 Å². The van der Waals surface area contributed by atoms with Gasteiger partial charge in [0, 0.05) is 0 Å². The van der Waals surface area contributed by atoms with Crippen LogP contribution in [0.3, 0.4) is 0 Å². The second-order valence-electron chi connectivity index (χ2n) is 5.94. The monoisotopic (exact) mass is 382 g/mol. The first-order valence-electron chi connectivity index (χ1n) is 8.12. The third-order valence-electron chi connectivity index (χ3n) is 3.09. The van der Waals surface area contributed by atoms with Gasteiger partial charge in [0.25, 0.3) is 0 Å². The molecule has 0 aliphatic rings. The summed E-state index contributed by atoms with van der Waals surface area (Å²) in [5.41, 5.74) is 20.5. The molecule has 0 bridgehead atoms. The van der Waals surface area contributed by atoms with E-state index in [-0.39, 0.29) is 5.92 Å². The zero-order valence-corrected chi connectivity index (χ0v) is 15.5. The van der Waals surface area contributed by atoms with E-state index in [9.17, 15) is 14.4 Å². The minimum atomic E-state index is -1.18. The van der Waals surface area contributed by atoms with Gasteiger partial charge in [0.2, 0.25) is 0 Å². The molecule has 0 radical (unpaired) electrons. The second kappa shape index (κ2) is 16.7. The number of carbonyl (C=O) groups is 3. The molecule has 156 valence electrons. The van der Waals surface area contributed by atoms with Gasteiger partial charge in [-0.15, -0.1) is 0 Å². The van der Waals surface area contributed by atoms with Gasteiger partial charge in [-0.3, -0.25) is 14.4 Å². The van der Waals surface area contributed by atoms with Crippen LogP contribution in [0.4, 0.5) is 0 Å². The number of carboxylic acids is 3. The summed E-state index contributed by atoms with van der Waals surface area (Å²) in [6.45, 7) is 5.49. The number of unbranched alkanes of at least 4 members (excludes halogenated alkanes) is 1. The molecule has 0 aromatic heterocycles. The molecule has 0 saturated heterocycles. The number of carboxylic acid groups (broad SMARTS) is 3. The number of aliphatic carboxylic acids is 3. The van der Waals surface area contributed by atoms with Gasteiger partial charge in [-0.2, -0.15) is 0 Å². The van der Waals surface area contributed by atoms with Crippen LogP contribution in [-0.2, 0) is 14.4 Å². The summed E-state index contributed by atoms with van der Waals surface area (Å²) in [4.78, 5) is 30.0. The highest BCUT2D eigenvalue weighted by atomic mass is 16.4. The molecule has 0 fully saturated rings. The fraction of sp³-hybridized carbons (Fsp3) is 0.800. The maximum atomic E-state index is 10.1. The molecule has 0 rings (SSSR count). The minimum absolute atomic E-state index is 0.0208. The number of aliphatic hydroxyl groups is 1. The van der Waals surface area contributed by atoms with Crippen molar-refractivity contribution in [3.05, 3.63) is 0 Å².